The van der Waals surface area contributed by atoms with Crippen molar-refractivity contribution in [3.63, 3.8) is 0 Å². The van der Waals surface area contributed by atoms with Crippen LogP contribution in [0.25, 0.3) is 0 Å². The van der Waals surface area contributed by atoms with Gasteiger partial charge >= 0.3 is 0 Å². The molecule has 0 aromatic rings. The Bertz CT molecular complexity index is 298. The Morgan fingerprint density at radius 2 is 1.80 bits per heavy atom. The Hall–Kier alpha value is -0.850. The maximum atomic E-state index is 4.38. The molecule has 2 unspecified atom stereocenters. The molecule has 0 amide bonds. The molecule has 1 heteroatoms. The third-order valence-electron chi connectivity index (χ3n) is 3.72. The van der Waals surface area contributed by atoms with Crippen LogP contribution in [0, 0.1) is 16.7 Å². The molecule has 1 nitrogen and oxygen atoms in total. The van der Waals surface area contributed by atoms with Crippen LogP contribution < -0.4 is 0 Å². The summed E-state index contributed by atoms with van der Waals surface area (Å²) in [6.45, 7) is 11.2. The van der Waals surface area contributed by atoms with Crippen LogP contribution >= 0.6 is 0 Å². The third kappa shape index (κ3) is 2.80. The number of nitrogens with zero attached hydrogens (tertiary/aromatic N) is 1. The smallest absolute Gasteiger partial charge is 0.0233 e. The van der Waals surface area contributed by atoms with E-state index in [1.165, 1.54) is 0 Å². The molecular weight excluding hydrogens is 182 g/mol. The molecule has 0 radical (unpaired) electrons. The highest BCUT2D eigenvalue weighted by Gasteiger charge is 2.25. The van der Waals surface area contributed by atoms with Crippen molar-refractivity contribution in [1.29, 1.82) is 0 Å². The Morgan fingerprint density at radius 1 is 1.13 bits per heavy atom. The van der Waals surface area contributed by atoms with Crippen molar-refractivity contribution in [3.8, 4) is 0 Å². The van der Waals surface area contributed by atoms with Gasteiger partial charge in [0.05, 0.1) is 0 Å². The highest BCUT2D eigenvalue weighted by atomic mass is 14.7. The number of allylic oxidation sites excluding steroid dienone is 3. The topological polar surface area (TPSA) is 12.4 Å². The van der Waals surface area contributed by atoms with E-state index in [1.807, 2.05) is 12.4 Å². The summed E-state index contributed by atoms with van der Waals surface area (Å²) in [5, 5.41) is 0. The largest absolute Gasteiger partial charge is 0.268 e. The monoisotopic (exact) mass is 205 g/mol. The summed E-state index contributed by atoms with van der Waals surface area (Å²) in [7, 11) is 0. The van der Waals surface area contributed by atoms with Gasteiger partial charge in [0.15, 0.2) is 0 Å². The van der Waals surface area contributed by atoms with E-state index in [1.54, 1.807) is 0 Å². The van der Waals surface area contributed by atoms with E-state index in [4.69, 9.17) is 0 Å². The fraction of sp³-hybridized carbons (Fsp3) is 0.643. The molecule has 0 aliphatic carbocycles. The summed E-state index contributed by atoms with van der Waals surface area (Å²) in [4.78, 5) is 4.38. The fourth-order valence-corrected chi connectivity index (χ4v) is 1.48. The minimum atomic E-state index is 0.112. The van der Waals surface area contributed by atoms with E-state index in [9.17, 15) is 0 Å². The lowest BCUT2D eigenvalue weighted by Crippen LogP contribution is -2.22. The van der Waals surface area contributed by atoms with Crippen LogP contribution in [0.3, 0.4) is 0 Å². The highest BCUT2D eigenvalue weighted by molar-refractivity contribution is 5.69. The molecule has 0 spiro atoms. The average molecular weight is 205 g/mol. The van der Waals surface area contributed by atoms with E-state index in [0.717, 1.165) is 6.42 Å². The van der Waals surface area contributed by atoms with E-state index >= 15 is 0 Å². The molecule has 84 valence electrons. The highest BCUT2D eigenvalue weighted by Crippen LogP contribution is 2.34. The Balaban J connectivity index is 3.06. The van der Waals surface area contributed by atoms with Crippen molar-refractivity contribution >= 4 is 6.21 Å². The van der Waals surface area contributed by atoms with E-state index < -0.39 is 0 Å². The first-order chi connectivity index (χ1) is 6.92. The average Bonchev–Trinajstić information content (AvgIpc) is 2.19. The first kappa shape index (κ1) is 12.2. The summed E-state index contributed by atoms with van der Waals surface area (Å²) in [6.07, 6.45) is 11.9. The summed E-state index contributed by atoms with van der Waals surface area (Å²) in [6, 6.07) is 0. The van der Waals surface area contributed by atoms with Gasteiger partial charge in [0, 0.05) is 23.2 Å². The van der Waals surface area contributed by atoms with E-state index in [0.29, 0.717) is 5.92 Å². The second-order valence-electron chi connectivity index (χ2n) is 5.31. The lowest BCUT2D eigenvalue weighted by Gasteiger charge is -2.30. The molecule has 1 rings (SSSR count). The lowest BCUT2D eigenvalue weighted by molar-refractivity contribution is 0.377. The summed E-state index contributed by atoms with van der Waals surface area (Å²) >= 11 is 0. The molecule has 0 bridgehead atoms. The van der Waals surface area contributed by atoms with Crippen LogP contribution in [0.15, 0.2) is 29.4 Å². The molecule has 2 atom stereocenters. The standard InChI is InChI=1S/C14H23N/c1-6-13(4)7-8-14(5,12(2)3)9-10-15-11-13/h7-12H,6H2,1-5H3/b8-7-,10-9-,15-11-. The zero-order valence-corrected chi connectivity index (χ0v) is 10.6. The Kier molecular flexibility index (Phi) is 3.54. The van der Waals surface area contributed by atoms with Gasteiger partial charge in [-0.3, -0.25) is 4.99 Å². The molecule has 0 N–H and O–H groups in total. The van der Waals surface area contributed by atoms with Crippen molar-refractivity contribution in [2.24, 2.45) is 21.7 Å². The van der Waals surface area contributed by atoms with Crippen molar-refractivity contribution < 1.29 is 0 Å². The van der Waals surface area contributed by atoms with Gasteiger partial charge in [-0.2, -0.15) is 0 Å². The SMILES string of the molecule is CCC1(C)/C=C\C(C)(C(C)C)/C=C\N=C/1. The van der Waals surface area contributed by atoms with Crippen LogP contribution in [0.1, 0.15) is 41.0 Å². The summed E-state index contributed by atoms with van der Waals surface area (Å²) < 4.78 is 0. The molecule has 0 aromatic carbocycles. The maximum absolute atomic E-state index is 4.38. The number of hydrogen-bond acceptors (Lipinski definition) is 1. The Labute approximate surface area is 94.0 Å². The van der Waals surface area contributed by atoms with Gasteiger partial charge < -0.3 is 0 Å². The van der Waals surface area contributed by atoms with E-state index in [-0.39, 0.29) is 10.8 Å². The molecule has 15 heavy (non-hydrogen) atoms. The number of aliphatic imine (C=N–C) groups is 1. The zero-order valence-electron chi connectivity index (χ0n) is 10.6. The van der Waals surface area contributed by atoms with Crippen LogP contribution in [-0.2, 0) is 0 Å². The van der Waals surface area contributed by atoms with Gasteiger partial charge in [-0.1, -0.05) is 52.8 Å². The predicted octanol–water partition coefficient (Wildman–Crippen LogP) is 4.22. The van der Waals surface area contributed by atoms with Gasteiger partial charge in [-0.05, 0) is 12.3 Å². The van der Waals surface area contributed by atoms with Gasteiger partial charge in [0.1, 0.15) is 0 Å². The predicted molar refractivity (Wildman–Crippen MR) is 68.1 cm³/mol. The Morgan fingerprint density at radius 3 is 2.33 bits per heavy atom. The summed E-state index contributed by atoms with van der Waals surface area (Å²) in [5.41, 5.74) is 0.245. The zero-order chi connectivity index (χ0) is 11.5. The van der Waals surface area contributed by atoms with Gasteiger partial charge in [0.25, 0.3) is 0 Å². The van der Waals surface area contributed by atoms with Gasteiger partial charge in [-0.15, -0.1) is 0 Å². The fourth-order valence-electron chi connectivity index (χ4n) is 1.48. The molecule has 0 saturated carbocycles. The second-order valence-corrected chi connectivity index (χ2v) is 5.31. The minimum Gasteiger partial charge on any atom is -0.268 e. The molecule has 1 aliphatic rings. The number of rotatable bonds is 2. The first-order valence-corrected chi connectivity index (χ1v) is 5.84. The van der Waals surface area contributed by atoms with Crippen molar-refractivity contribution in [3.05, 3.63) is 24.4 Å². The second kappa shape index (κ2) is 4.34. The number of hydrogen-bond donors (Lipinski definition) is 0. The molecular formula is C14H23N. The van der Waals surface area contributed by atoms with Crippen LogP contribution in [-0.4, -0.2) is 6.21 Å². The summed E-state index contributed by atoms with van der Waals surface area (Å²) in [5.74, 6) is 0.597. The van der Waals surface area contributed by atoms with Gasteiger partial charge in [-0.25, -0.2) is 0 Å². The van der Waals surface area contributed by atoms with Crippen molar-refractivity contribution in [2.75, 3.05) is 0 Å². The molecule has 1 aliphatic heterocycles. The first-order valence-electron chi connectivity index (χ1n) is 5.84. The van der Waals surface area contributed by atoms with Crippen molar-refractivity contribution in [1.82, 2.24) is 0 Å². The quantitative estimate of drug-likeness (QED) is 0.598. The van der Waals surface area contributed by atoms with Crippen molar-refractivity contribution in [2.45, 2.75) is 41.0 Å². The van der Waals surface area contributed by atoms with Crippen LogP contribution in [0.2, 0.25) is 0 Å². The third-order valence-corrected chi connectivity index (χ3v) is 3.72. The molecule has 0 aromatic heterocycles. The lowest BCUT2D eigenvalue weighted by atomic mass is 9.76. The van der Waals surface area contributed by atoms with Crippen LogP contribution in [0.5, 0.6) is 0 Å². The van der Waals surface area contributed by atoms with Crippen LogP contribution in [0.4, 0.5) is 0 Å². The normalized spacial score (nSPS) is 42.0. The van der Waals surface area contributed by atoms with Gasteiger partial charge in [0.2, 0.25) is 0 Å². The molecule has 0 saturated heterocycles. The molecule has 1 heterocycles. The van der Waals surface area contributed by atoms with E-state index in [2.05, 4.69) is 57.8 Å². The maximum Gasteiger partial charge on any atom is 0.0233 e. The minimum absolute atomic E-state index is 0.112. The molecule has 0 fully saturated rings.